The maximum Gasteiger partial charge on any atom is 0.294 e. The monoisotopic (exact) mass is 1510 g/mol. The number of aliphatic hydroxyl groups excluding tert-OH is 1. The highest BCUT2D eigenvalue weighted by Gasteiger charge is 2.50. The number of carbonyl (C=O) groups is 2. The number of hydrogen-bond acceptors (Lipinski definition) is 15. The zero-order valence-electron chi connectivity index (χ0n) is 67.1. The van der Waals surface area contributed by atoms with Gasteiger partial charge in [-0.3, -0.25) is 38.7 Å². The molecule has 14 aliphatic rings. The lowest BCUT2D eigenvalue weighted by Crippen LogP contribution is -2.59. The van der Waals surface area contributed by atoms with Crippen LogP contribution in [-0.4, -0.2) is 153 Å². The first kappa shape index (κ1) is 75.6. The first-order valence-electron chi connectivity index (χ1n) is 45.3. The van der Waals surface area contributed by atoms with Gasteiger partial charge >= 0.3 is 0 Å². The molecule has 0 amide bonds. The van der Waals surface area contributed by atoms with E-state index in [2.05, 4.69) is 53.2 Å². The summed E-state index contributed by atoms with van der Waals surface area (Å²) in [5.74, 6) is 5.73. The van der Waals surface area contributed by atoms with Crippen LogP contribution in [0.1, 0.15) is 289 Å². The molecule has 18 heteroatoms. The van der Waals surface area contributed by atoms with Crippen molar-refractivity contribution in [3.05, 3.63) is 116 Å². The highest BCUT2D eigenvalue weighted by atomic mass is 16.3. The number of nitrogens with zero attached hydrogens (tertiary/aromatic N) is 12. The minimum atomic E-state index is -0.203. The Bertz CT molecular complexity index is 4270. The van der Waals surface area contributed by atoms with Crippen LogP contribution in [0.15, 0.2) is 99.5 Å². The Kier molecular flexibility index (Phi) is 22.4. The summed E-state index contributed by atoms with van der Waals surface area (Å²) in [7, 11) is 0. The van der Waals surface area contributed by atoms with Crippen molar-refractivity contribution in [2.45, 2.75) is 355 Å². The average molecular weight is 1510 g/mol. The van der Waals surface area contributed by atoms with Gasteiger partial charge in [0.15, 0.2) is 29.0 Å². The number of aliphatic hydroxyl groups is 1. The van der Waals surface area contributed by atoms with Crippen LogP contribution < -0.4 is 31.4 Å². The van der Waals surface area contributed by atoms with E-state index in [9.17, 15) is 29.1 Å². The molecule has 18 nitrogen and oxygen atoms in total. The smallest absolute Gasteiger partial charge is 0.294 e. The molecule has 596 valence electrons. The zero-order chi connectivity index (χ0) is 75.5. The predicted molar refractivity (Wildman–Crippen MR) is 444 cm³/mol. The van der Waals surface area contributed by atoms with Crippen LogP contribution in [0.2, 0.25) is 0 Å². The summed E-state index contributed by atoms with van der Waals surface area (Å²) < 4.78 is 6.29. The fraction of sp³-hybridized carbons (Fsp3) is 0.699. The molecule has 9 aliphatic heterocycles. The lowest BCUT2D eigenvalue weighted by molar-refractivity contribution is -0.120. The standard InChI is InChI=1S/2C31H42N4O2.C31H44N4O2/c2*1-20(36)28-13-14-33(28)30-31(37)35(29-12-5-4-11-27(29)32-30)26-18-23-9-6-10-24(19-26)34(23)25-16-21-7-2-3-8-22(15-21)17-25;1-22(36)23-20-33(21-23)30-31(37)35(29-17-10-9-16-28(29)32-30)27-18-25-14-11-15-26(19-27)34(25)24-12-7-5-3-2-4-6-8-13-24/h2*4-5,11-12,21-26,28H,2-3,6-10,13-19H2,1H3;9-10,16-17,23-27,36H,1-8,11-15,18-21H2. The number of rotatable bonds is 12. The number of Topliss-reactive ketones (excluding diaryl/α,β-unsaturated/α-hetero) is 2. The normalized spacial score (nSPS) is 33.6. The first-order valence-corrected chi connectivity index (χ1v) is 45.3. The molecular weight excluding hydrogens is 1380 g/mol. The molecule has 0 spiro atoms. The van der Waals surface area contributed by atoms with E-state index in [1.165, 1.54) is 205 Å². The Labute approximate surface area is 658 Å². The van der Waals surface area contributed by atoms with E-state index in [0.29, 0.717) is 66.8 Å². The van der Waals surface area contributed by atoms with E-state index in [1.54, 1.807) is 13.8 Å². The number of carbonyl (C=O) groups excluding carboxylic acids is 2. The maximum atomic E-state index is 14.1. The summed E-state index contributed by atoms with van der Waals surface area (Å²) in [6.45, 7) is 9.65. The SMILES string of the molecule is C=C(O)C1CN(c2nc3ccccc3n(C3CC4CCCC(C3)N4C3CCCCCCCCC3)c2=O)C1.CC(=O)C1CCN1c1nc2ccccc2n(C2CC3CCCC(C2)N3C2CC3CCCCC(C3)C2)c1=O.CC(=O)C1CCN1c1nc2ccccc2n(C2CC3CCCC(C2)N3C2CC3CCCCC(C3)C2)c1=O. The van der Waals surface area contributed by atoms with E-state index in [1.807, 2.05) is 69.3 Å². The molecule has 5 aliphatic carbocycles. The highest BCUT2D eigenvalue weighted by Crippen LogP contribution is 2.51. The molecule has 9 saturated heterocycles. The number of anilines is 3. The summed E-state index contributed by atoms with van der Waals surface area (Å²) in [4.78, 5) is 95.9. The largest absolute Gasteiger partial charge is 0.513 e. The molecule has 14 fully saturated rings. The summed E-state index contributed by atoms with van der Waals surface area (Å²) in [5.41, 5.74) is 5.56. The topological polar surface area (TPSA) is 178 Å². The lowest BCUT2D eigenvalue weighted by atomic mass is 9.73. The van der Waals surface area contributed by atoms with E-state index in [0.717, 1.165) is 139 Å². The van der Waals surface area contributed by atoms with Gasteiger partial charge in [-0.25, -0.2) is 15.0 Å². The van der Waals surface area contributed by atoms with E-state index in [-0.39, 0.29) is 70.1 Å². The second-order valence-corrected chi connectivity index (χ2v) is 38.0. The van der Waals surface area contributed by atoms with Gasteiger partial charge in [0, 0.05) is 98.7 Å². The minimum absolute atomic E-state index is 0.00450. The Morgan fingerprint density at radius 3 is 0.964 bits per heavy atom. The number of para-hydroxylation sites is 6. The number of ketones is 2. The summed E-state index contributed by atoms with van der Waals surface area (Å²) in [6, 6.07) is 30.3. The second kappa shape index (κ2) is 32.9. The van der Waals surface area contributed by atoms with Crippen molar-refractivity contribution < 1.29 is 14.7 Å². The molecule has 5 saturated carbocycles. The molecule has 20 rings (SSSR count). The number of aromatic nitrogens is 6. The molecular formula is C93H128N12O6. The molecule has 10 bridgehead atoms. The molecule has 1 N–H and O–H groups in total. The summed E-state index contributed by atoms with van der Waals surface area (Å²) in [6.07, 6.45) is 52.1. The van der Waals surface area contributed by atoms with Gasteiger partial charge in [0.2, 0.25) is 0 Å². The number of piperidine rings is 6. The fourth-order valence-electron chi connectivity index (χ4n) is 26.0. The summed E-state index contributed by atoms with van der Waals surface area (Å²) >= 11 is 0. The van der Waals surface area contributed by atoms with Gasteiger partial charge in [0.25, 0.3) is 16.7 Å². The van der Waals surface area contributed by atoms with E-state index < -0.39 is 0 Å². The van der Waals surface area contributed by atoms with Crippen LogP contribution in [0.5, 0.6) is 0 Å². The number of hydrogen-bond donors (Lipinski definition) is 1. The van der Waals surface area contributed by atoms with Gasteiger partial charge in [-0.05, 0) is 215 Å². The van der Waals surface area contributed by atoms with Crippen LogP contribution in [0, 0.1) is 29.6 Å². The van der Waals surface area contributed by atoms with Gasteiger partial charge in [-0.15, -0.1) is 0 Å². The van der Waals surface area contributed by atoms with Crippen molar-refractivity contribution in [1.29, 1.82) is 0 Å². The van der Waals surface area contributed by atoms with Gasteiger partial charge in [-0.2, -0.15) is 0 Å². The van der Waals surface area contributed by atoms with E-state index in [4.69, 9.17) is 15.0 Å². The lowest BCUT2D eigenvalue weighted by Gasteiger charge is -2.54. The Morgan fingerprint density at radius 2 is 0.640 bits per heavy atom. The summed E-state index contributed by atoms with van der Waals surface area (Å²) in [5, 5.41) is 9.79. The molecule has 12 heterocycles. The quantitative estimate of drug-likeness (QED) is 0.114. The van der Waals surface area contributed by atoms with Crippen LogP contribution in [0.25, 0.3) is 33.1 Å². The number of benzene rings is 3. The Balaban J connectivity index is 0.000000117. The van der Waals surface area contributed by atoms with Crippen molar-refractivity contribution in [3.63, 3.8) is 0 Å². The van der Waals surface area contributed by atoms with Crippen molar-refractivity contribution >= 4 is 62.1 Å². The van der Waals surface area contributed by atoms with Crippen molar-refractivity contribution in [2.24, 2.45) is 29.6 Å². The van der Waals surface area contributed by atoms with Crippen molar-refractivity contribution in [1.82, 2.24) is 43.4 Å². The molecule has 3 aromatic carbocycles. The molecule has 12 unspecified atom stereocenters. The third-order valence-corrected chi connectivity index (χ3v) is 31.2. The van der Waals surface area contributed by atoms with Crippen molar-refractivity contribution in [2.75, 3.05) is 40.9 Å². The van der Waals surface area contributed by atoms with Crippen LogP contribution in [-0.2, 0) is 9.59 Å². The van der Waals surface area contributed by atoms with Crippen LogP contribution in [0.4, 0.5) is 17.5 Å². The molecule has 0 radical (unpaired) electrons. The third kappa shape index (κ3) is 15.2. The Morgan fingerprint density at radius 1 is 0.342 bits per heavy atom. The Hall–Kier alpha value is -6.76. The van der Waals surface area contributed by atoms with Gasteiger partial charge in [0.05, 0.1) is 56.9 Å². The highest BCUT2D eigenvalue weighted by molar-refractivity contribution is 5.88. The second-order valence-electron chi connectivity index (χ2n) is 38.0. The predicted octanol–water partition coefficient (Wildman–Crippen LogP) is 17.3. The molecule has 3 aromatic heterocycles. The average Bonchev–Trinajstić information content (AvgIpc) is 0.863. The fourth-order valence-corrected chi connectivity index (χ4v) is 26.0. The number of fused-ring (bicyclic) bond motifs is 13. The zero-order valence-corrected chi connectivity index (χ0v) is 67.1. The maximum absolute atomic E-state index is 14.1. The third-order valence-electron chi connectivity index (χ3n) is 31.2. The minimum Gasteiger partial charge on any atom is -0.513 e. The molecule has 6 aromatic rings. The van der Waals surface area contributed by atoms with Gasteiger partial charge in [0.1, 0.15) is 0 Å². The first-order chi connectivity index (χ1) is 54.2. The van der Waals surface area contributed by atoms with E-state index >= 15 is 0 Å². The molecule has 111 heavy (non-hydrogen) atoms. The molecule has 12 atom stereocenters. The van der Waals surface area contributed by atoms with Gasteiger partial charge in [-0.1, -0.05) is 159 Å². The van der Waals surface area contributed by atoms with Gasteiger partial charge < -0.3 is 33.5 Å². The van der Waals surface area contributed by atoms with Crippen LogP contribution >= 0.6 is 0 Å². The van der Waals surface area contributed by atoms with Crippen molar-refractivity contribution in [3.8, 4) is 0 Å². The van der Waals surface area contributed by atoms with Crippen LogP contribution in [0.3, 0.4) is 0 Å².